The SMILES string of the molecule is Cc1cc(C(O)c2ccc(Cl)c(C)c2)c(F)cc1F. The van der Waals surface area contributed by atoms with Crippen LogP contribution in [0.4, 0.5) is 8.78 Å². The van der Waals surface area contributed by atoms with E-state index in [0.29, 0.717) is 16.1 Å². The lowest BCUT2D eigenvalue weighted by Gasteiger charge is -2.14. The van der Waals surface area contributed by atoms with Gasteiger partial charge in [0, 0.05) is 16.7 Å². The van der Waals surface area contributed by atoms with Gasteiger partial charge in [-0.15, -0.1) is 0 Å². The van der Waals surface area contributed by atoms with Crippen molar-refractivity contribution in [2.75, 3.05) is 0 Å². The Balaban J connectivity index is 2.46. The van der Waals surface area contributed by atoms with Crippen molar-refractivity contribution in [3.8, 4) is 0 Å². The summed E-state index contributed by atoms with van der Waals surface area (Å²) in [5.74, 6) is -1.39. The normalized spacial score (nSPS) is 12.5. The van der Waals surface area contributed by atoms with E-state index in [-0.39, 0.29) is 5.56 Å². The van der Waals surface area contributed by atoms with Gasteiger partial charge in [0.15, 0.2) is 0 Å². The average molecular weight is 283 g/mol. The van der Waals surface area contributed by atoms with E-state index in [4.69, 9.17) is 11.6 Å². The van der Waals surface area contributed by atoms with Crippen molar-refractivity contribution in [1.82, 2.24) is 0 Å². The first kappa shape index (κ1) is 14.0. The molecule has 2 aromatic rings. The van der Waals surface area contributed by atoms with Crippen LogP contribution in [0.15, 0.2) is 30.3 Å². The third-order valence-electron chi connectivity index (χ3n) is 3.07. The Morgan fingerprint density at radius 1 is 1.00 bits per heavy atom. The lowest BCUT2D eigenvalue weighted by Crippen LogP contribution is -2.04. The Bertz CT molecular complexity index is 626. The largest absolute Gasteiger partial charge is 0.384 e. The molecule has 1 N–H and O–H groups in total. The van der Waals surface area contributed by atoms with Crippen LogP contribution in [0, 0.1) is 25.5 Å². The highest BCUT2D eigenvalue weighted by atomic mass is 35.5. The average Bonchev–Trinajstić information content (AvgIpc) is 2.36. The molecule has 0 heterocycles. The van der Waals surface area contributed by atoms with Crippen LogP contribution in [0.1, 0.15) is 28.4 Å². The van der Waals surface area contributed by atoms with Crippen molar-refractivity contribution in [2.24, 2.45) is 0 Å². The van der Waals surface area contributed by atoms with E-state index in [1.807, 2.05) is 0 Å². The Kier molecular flexibility index (Phi) is 3.88. The highest BCUT2D eigenvalue weighted by Gasteiger charge is 2.17. The Hall–Kier alpha value is -1.45. The Morgan fingerprint density at radius 3 is 2.32 bits per heavy atom. The number of hydrogen-bond acceptors (Lipinski definition) is 1. The third-order valence-corrected chi connectivity index (χ3v) is 3.49. The lowest BCUT2D eigenvalue weighted by molar-refractivity contribution is 0.214. The molecule has 0 aliphatic carbocycles. The van der Waals surface area contributed by atoms with Crippen molar-refractivity contribution >= 4 is 11.6 Å². The number of aryl methyl sites for hydroxylation is 2. The lowest BCUT2D eigenvalue weighted by atomic mass is 9.98. The molecule has 1 atom stereocenters. The minimum absolute atomic E-state index is 0.0561. The van der Waals surface area contributed by atoms with Crippen molar-refractivity contribution in [1.29, 1.82) is 0 Å². The van der Waals surface area contributed by atoms with Gasteiger partial charge in [0.25, 0.3) is 0 Å². The smallest absolute Gasteiger partial charge is 0.132 e. The summed E-state index contributed by atoms with van der Waals surface area (Å²) in [6, 6.07) is 7.06. The molecule has 2 aromatic carbocycles. The molecule has 0 amide bonds. The fraction of sp³-hybridized carbons (Fsp3) is 0.200. The highest BCUT2D eigenvalue weighted by molar-refractivity contribution is 6.31. The minimum atomic E-state index is -1.14. The first-order valence-electron chi connectivity index (χ1n) is 5.80. The molecule has 2 rings (SSSR count). The summed E-state index contributed by atoms with van der Waals surface area (Å²) < 4.78 is 26.9. The molecule has 0 saturated heterocycles. The molecule has 4 heteroatoms. The second-order valence-corrected chi connectivity index (χ2v) is 4.94. The molecule has 1 nitrogen and oxygen atoms in total. The summed E-state index contributed by atoms with van der Waals surface area (Å²) in [7, 11) is 0. The molecular formula is C15H13ClF2O. The summed E-state index contributed by atoms with van der Waals surface area (Å²) in [6.07, 6.45) is -1.14. The predicted octanol–water partition coefficient (Wildman–Crippen LogP) is 4.32. The first-order valence-corrected chi connectivity index (χ1v) is 6.17. The number of rotatable bonds is 2. The maximum Gasteiger partial charge on any atom is 0.132 e. The van der Waals surface area contributed by atoms with E-state index in [9.17, 15) is 13.9 Å². The predicted molar refractivity (Wildman–Crippen MR) is 71.3 cm³/mol. The molecule has 19 heavy (non-hydrogen) atoms. The van der Waals surface area contributed by atoms with Gasteiger partial charge >= 0.3 is 0 Å². The summed E-state index contributed by atoms with van der Waals surface area (Å²) in [4.78, 5) is 0. The summed E-state index contributed by atoms with van der Waals surface area (Å²) in [5, 5.41) is 10.8. The van der Waals surface area contributed by atoms with E-state index in [1.165, 1.54) is 13.0 Å². The van der Waals surface area contributed by atoms with Crippen molar-refractivity contribution < 1.29 is 13.9 Å². The van der Waals surface area contributed by atoms with Crippen LogP contribution < -0.4 is 0 Å². The number of hydrogen-bond donors (Lipinski definition) is 1. The van der Waals surface area contributed by atoms with Gasteiger partial charge in [-0.2, -0.15) is 0 Å². The Morgan fingerprint density at radius 2 is 1.68 bits per heavy atom. The van der Waals surface area contributed by atoms with E-state index in [0.717, 1.165) is 11.6 Å². The van der Waals surface area contributed by atoms with E-state index >= 15 is 0 Å². The molecule has 0 aromatic heterocycles. The van der Waals surface area contributed by atoms with Crippen LogP contribution >= 0.6 is 11.6 Å². The van der Waals surface area contributed by atoms with Crippen molar-refractivity contribution in [3.63, 3.8) is 0 Å². The molecule has 0 aliphatic heterocycles. The second kappa shape index (κ2) is 5.27. The van der Waals surface area contributed by atoms with E-state index in [2.05, 4.69) is 0 Å². The van der Waals surface area contributed by atoms with Gasteiger partial charge in [-0.25, -0.2) is 8.78 Å². The van der Waals surface area contributed by atoms with Gasteiger partial charge in [0.2, 0.25) is 0 Å². The zero-order valence-corrected chi connectivity index (χ0v) is 11.3. The maximum absolute atomic E-state index is 13.7. The van der Waals surface area contributed by atoms with Crippen molar-refractivity contribution in [3.05, 3.63) is 69.2 Å². The molecule has 0 bridgehead atoms. The van der Waals surface area contributed by atoms with Crippen LogP contribution in [0.25, 0.3) is 0 Å². The van der Waals surface area contributed by atoms with Gasteiger partial charge in [-0.1, -0.05) is 23.7 Å². The number of halogens is 3. The van der Waals surface area contributed by atoms with Crippen LogP contribution in [0.3, 0.4) is 0 Å². The van der Waals surface area contributed by atoms with Crippen LogP contribution in [0.5, 0.6) is 0 Å². The van der Waals surface area contributed by atoms with Gasteiger partial charge in [-0.3, -0.25) is 0 Å². The summed E-state index contributed by atoms with van der Waals surface area (Å²) in [5.41, 5.74) is 1.66. The Labute approximate surface area is 115 Å². The van der Waals surface area contributed by atoms with Gasteiger partial charge < -0.3 is 5.11 Å². The summed E-state index contributed by atoms with van der Waals surface area (Å²) in [6.45, 7) is 3.32. The second-order valence-electron chi connectivity index (χ2n) is 4.53. The van der Waals surface area contributed by atoms with Crippen LogP contribution in [-0.4, -0.2) is 5.11 Å². The topological polar surface area (TPSA) is 20.2 Å². The fourth-order valence-corrected chi connectivity index (χ4v) is 2.02. The van der Waals surface area contributed by atoms with E-state index < -0.39 is 17.7 Å². The fourth-order valence-electron chi connectivity index (χ4n) is 1.91. The molecule has 100 valence electrons. The molecule has 0 spiro atoms. The summed E-state index contributed by atoms with van der Waals surface area (Å²) >= 11 is 5.90. The zero-order valence-electron chi connectivity index (χ0n) is 10.5. The number of aliphatic hydroxyl groups excluding tert-OH is 1. The maximum atomic E-state index is 13.7. The first-order chi connectivity index (χ1) is 8.90. The highest BCUT2D eigenvalue weighted by Crippen LogP contribution is 2.28. The molecular weight excluding hydrogens is 270 g/mol. The molecule has 1 unspecified atom stereocenters. The molecule has 0 fully saturated rings. The monoisotopic (exact) mass is 282 g/mol. The number of benzene rings is 2. The number of aliphatic hydroxyl groups is 1. The minimum Gasteiger partial charge on any atom is -0.384 e. The molecule has 0 saturated carbocycles. The van der Waals surface area contributed by atoms with Gasteiger partial charge in [0.1, 0.15) is 17.7 Å². The zero-order chi connectivity index (χ0) is 14.2. The van der Waals surface area contributed by atoms with Gasteiger partial charge in [-0.05, 0) is 42.7 Å². The molecule has 0 radical (unpaired) electrons. The van der Waals surface area contributed by atoms with Gasteiger partial charge in [0.05, 0.1) is 0 Å². The van der Waals surface area contributed by atoms with Crippen molar-refractivity contribution in [2.45, 2.75) is 20.0 Å². The quantitative estimate of drug-likeness (QED) is 0.870. The molecule has 0 aliphatic rings. The van der Waals surface area contributed by atoms with Crippen LogP contribution in [-0.2, 0) is 0 Å². The standard InChI is InChI=1S/C15H13ClF2O/c1-8-5-10(3-4-12(8)16)15(19)11-6-9(2)13(17)7-14(11)18/h3-7,15,19H,1-2H3. The van der Waals surface area contributed by atoms with Crippen LogP contribution in [0.2, 0.25) is 5.02 Å². The van der Waals surface area contributed by atoms with E-state index in [1.54, 1.807) is 25.1 Å². The third kappa shape index (κ3) is 2.77.